The summed E-state index contributed by atoms with van der Waals surface area (Å²) in [6.07, 6.45) is 4.31. The lowest BCUT2D eigenvalue weighted by atomic mass is 10.1. The minimum Gasteiger partial charge on any atom is -0.396 e. The second-order valence-corrected chi connectivity index (χ2v) is 6.26. The van der Waals surface area contributed by atoms with Gasteiger partial charge in [-0.2, -0.15) is 0 Å². The number of nitrogens with one attached hydrogen (secondary N) is 2. The van der Waals surface area contributed by atoms with Crippen molar-refractivity contribution in [3.63, 3.8) is 0 Å². The first-order valence-electron chi connectivity index (χ1n) is 6.48. The van der Waals surface area contributed by atoms with Crippen LogP contribution in [0.2, 0.25) is 0 Å². The predicted octanol–water partition coefficient (Wildman–Crippen LogP) is 3.59. The molecule has 0 aliphatic carbocycles. The predicted molar refractivity (Wildman–Crippen MR) is 87.0 cm³/mol. The first kappa shape index (κ1) is 15.5. The zero-order chi connectivity index (χ0) is 14.5. The van der Waals surface area contributed by atoms with Crippen molar-refractivity contribution >= 4 is 48.7 Å². The van der Waals surface area contributed by atoms with E-state index < -0.39 is 0 Å². The lowest BCUT2D eigenvalue weighted by molar-refractivity contribution is 0.0954. The SMILES string of the molecule is O=C(NCCCCCO)c1c[nH]c2cc(Br)c(Br)cc12. The lowest BCUT2D eigenvalue weighted by Crippen LogP contribution is -2.24. The Bertz CT molecular complexity index is 610. The van der Waals surface area contributed by atoms with E-state index in [4.69, 9.17) is 5.11 Å². The molecule has 1 aromatic heterocycles. The van der Waals surface area contributed by atoms with Gasteiger partial charge in [-0.05, 0) is 63.3 Å². The third kappa shape index (κ3) is 3.62. The number of aliphatic hydroxyl groups excluding tert-OH is 1. The Morgan fingerprint density at radius 2 is 1.95 bits per heavy atom. The highest BCUT2D eigenvalue weighted by molar-refractivity contribution is 9.13. The topological polar surface area (TPSA) is 65.1 Å². The summed E-state index contributed by atoms with van der Waals surface area (Å²) >= 11 is 6.89. The minimum atomic E-state index is -0.0746. The van der Waals surface area contributed by atoms with Gasteiger partial charge in [0, 0.05) is 39.2 Å². The molecule has 2 aromatic rings. The molecule has 0 unspecified atom stereocenters. The average molecular weight is 404 g/mol. The van der Waals surface area contributed by atoms with Gasteiger partial charge in [0.2, 0.25) is 0 Å². The van der Waals surface area contributed by atoms with Crippen molar-refractivity contribution in [2.75, 3.05) is 13.2 Å². The Hall–Kier alpha value is -0.850. The van der Waals surface area contributed by atoms with Gasteiger partial charge in [-0.15, -0.1) is 0 Å². The van der Waals surface area contributed by atoms with E-state index in [-0.39, 0.29) is 12.5 Å². The monoisotopic (exact) mass is 402 g/mol. The van der Waals surface area contributed by atoms with Gasteiger partial charge in [0.1, 0.15) is 0 Å². The van der Waals surface area contributed by atoms with Crippen molar-refractivity contribution in [3.05, 3.63) is 32.8 Å². The van der Waals surface area contributed by atoms with Crippen LogP contribution in [0.3, 0.4) is 0 Å². The van der Waals surface area contributed by atoms with Crippen LogP contribution in [0.4, 0.5) is 0 Å². The Balaban J connectivity index is 2.05. The Labute approximate surface area is 134 Å². The van der Waals surface area contributed by atoms with E-state index in [0.29, 0.717) is 12.1 Å². The van der Waals surface area contributed by atoms with E-state index >= 15 is 0 Å². The molecule has 0 aliphatic heterocycles. The van der Waals surface area contributed by atoms with Gasteiger partial charge in [-0.3, -0.25) is 4.79 Å². The number of hydrogen-bond donors (Lipinski definition) is 3. The molecule has 108 valence electrons. The summed E-state index contributed by atoms with van der Waals surface area (Å²) in [5.74, 6) is -0.0746. The summed E-state index contributed by atoms with van der Waals surface area (Å²) in [6.45, 7) is 0.836. The van der Waals surface area contributed by atoms with Crippen LogP contribution in [0, 0.1) is 0 Å². The fourth-order valence-corrected chi connectivity index (χ4v) is 2.70. The Morgan fingerprint density at radius 1 is 1.20 bits per heavy atom. The summed E-state index contributed by atoms with van der Waals surface area (Å²) in [4.78, 5) is 15.2. The fraction of sp³-hybridized carbons (Fsp3) is 0.357. The second-order valence-electron chi connectivity index (χ2n) is 4.55. The summed E-state index contributed by atoms with van der Waals surface area (Å²) in [6, 6.07) is 3.87. The summed E-state index contributed by atoms with van der Waals surface area (Å²) in [5.41, 5.74) is 1.57. The number of fused-ring (bicyclic) bond motifs is 1. The summed E-state index contributed by atoms with van der Waals surface area (Å²) < 4.78 is 1.87. The number of amides is 1. The van der Waals surface area contributed by atoms with Crippen LogP contribution in [0.5, 0.6) is 0 Å². The number of aliphatic hydroxyl groups is 1. The Kier molecular flexibility index (Phi) is 5.63. The second kappa shape index (κ2) is 7.24. The third-order valence-electron chi connectivity index (χ3n) is 3.09. The molecule has 0 fully saturated rings. The highest BCUT2D eigenvalue weighted by Gasteiger charge is 2.13. The first-order valence-corrected chi connectivity index (χ1v) is 8.07. The smallest absolute Gasteiger partial charge is 0.253 e. The zero-order valence-corrected chi connectivity index (χ0v) is 14.1. The number of unbranched alkanes of at least 4 members (excludes halogenated alkanes) is 2. The van der Waals surface area contributed by atoms with Crippen LogP contribution in [-0.2, 0) is 0 Å². The van der Waals surface area contributed by atoms with Crippen LogP contribution in [0.1, 0.15) is 29.6 Å². The number of aromatic nitrogens is 1. The van der Waals surface area contributed by atoms with Crippen LogP contribution in [-0.4, -0.2) is 29.1 Å². The van der Waals surface area contributed by atoms with Gasteiger partial charge in [0.25, 0.3) is 5.91 Å². The summed E-state index contributed by atoms with van der Waals surface area (Å²) in [5, 5.41) is 12.5. The molecule has 0 radical (unpaired) electrons. The van der Waals surface area contributed by atoms with Gasteiger partial charge >= 0.3 is 0 Å². The number of benzene rings is 1. The third-order valence-corrected chi connectivity index (χ3v) is 4.93. The lowest BCUT2D eigenvalue weighted by Gasteiger charge is -2.04. The molecular formula is C14H16Br2N2O2. The van der Waals surface area contributed by atoms with Crippen molar-refractivity contribution in [1.29, 1.82) is 0 Å². The van der Waals surface area contributed by atoms with Crippen molar-refractivity contribution in [2.24, 2.45) is 0 Å². The average Bonchev–Trinajstić information content (AvgIpc) is 2.82. The largest absolute Gasteiger partial charge is 0.396 e. The molecule has 6 heteroatoms. The molecule has 0 saturated heterocycles. The molecule has 0 saturated carbocycles. The van der Waals surface area contributed by atoms with Crippen molar-refractivity contribution in [3.8, 4) is 0 Å². The fourth-order valence-electron chi connectivity index (χ4n) is 2.02. The molecule has 20 heavy (non-hydrogen) atoms. The standard InChI is InChI=1S/C14H16Br2N2O2/c15-11-6-9-10(8-18-13(9)7-12(11)16)14(20)17-4-2-1-3-5-19/h6-8,18-19H,1-5H2,(H,17,20). The van der Waals surface area contributed by atoms with Gasteiger partial charge in [0.15, 0.2) is 0 Å². The van der Waals surface area contributed by atoms with Crippen molar-refractivity contribution < 1.29 is 9.90 Å². The molecule has 3 N–H and O–H groups in total. The summed E-state index contributed by atoms with van der Waals surface area (Å²) in [7, 11) is 0. The van der Waals surface area contributed by atoms with Crippen LogP contribution in [0.25, 0.3) is 10.9 Å². The maximum atomic E-state index is 12.1. The van der Waals surface area contributed by atoms with Crippen molar-refractivity contribution in [2.45, 2.75) is 19.3 Å². The van der Waals surface area contributed by atoms with Crippen molar-refractivity contribution in [1.82, 2.24) is 10.3 Å². The van der Waals surface area contributed by atoms with Crippen LogP contribution < -0.4 is 5.32 Å². The molecule has 1 aromatic carbocycles. The number of halogens is 2. The minimum absolute atomic E-state index is 0.0746. The highest BCUT2D eigenvalue weighted by Crippen LogP contribution is 2.29. The molecular weight excluding hydrogens is 388 g/mol. The quantitative estimate of drug-likeness (QED) is 0.645. The van der Waals surface area contributed by atoms with E-state index in [1.165, 1.54) is 0 Å². The zero-order valence-electron chi connectivity index (χ0n) is 10.9. The van der Waals surface area contributed by atoms with Gasteiger partial charge in [-0.25, -0.2) is 0 Å². The van der Waals surface area contributed by atoms with E-state index in [9.17, 15) is 4.79 Å². The number of hydrogen-bond acceptors (Lipinski definition) is 2. The molecule has 0 aliphatic rings. The first-order chi connectivity index (χ1) is 9.63. The molecule has 4 nitrogen and oxygen atoms in total. The van der Waals surface area contributed by atoms with Gasteiger partial charge in [0.05, 0.1) is 5.56 Å². The number of aromatic amines is 1. The van der Waals surface area contributed by atoms with Crippen LogP contribution in [0.15, 0.2) is 27.3 Å². The molecule has 0 spiro atoms. The number of carbonyl (C=O) groups excluding carboxylic acids is 1. The molecule has 0 atom stereocenters. The molecule has 1 heterocycles. The molecule has 0 bridgehead atoms. The highest BCUT2D eigenvalue weighted by atomic mass is 79.9. The number of rotatable bonds is 6. The van der Waals surface area contributed by atoms with Gasteiger partial charge < -0.3 is 15.4 Å². The van der Waals surface area contributed by atoms with E-state index in [1.807, 2.05) is 12.1 Å². The van der Waals surface area contributed by atoms with E-state index in [0.717, 1.165) is 39.1 Å². The maximum absolute atomic E-state index is 12.1. The number of H-pyrrole nitrogens is 1. The molecule has 1 amide bonds. The van der Waals surface area contributed by atoms with Gasteiger partial charge in [-0.1, -0.05) is 0 Å². The number of carbonyl (C=O) groups is 1. The maximum Gasteiger partial charge on any atom is 0.253 e. The molecule has 2 rings (SSSR count). The Morgan fingerprint density at radius 3 is 2.70 bits per heavy atom. The van der Waals surface area contributed by atoms with E-state index in [1.54, 1.807) is 6.20 Å². The van der Waals surface area contributed by atoms with E-state index in [2.05, 4.69) is 42.2 Å². The van der Waals surface area contributed by atoms with Crippen LogP contribution >= 0.6 is 31.9 Å². The normalized spacial score (nSPS) is 10.9.